The Morgan fingerprint density at radius 1 is 0.952 bits per heavy atom. The second kappa shape index (κ2) is 18.3. The monoisotopic (exact) mass is 585 g/mol. The molecule has 2 atom stereocenters. The maximum absolute atomic E-state index is 13.2. The Bertz CT molecular complexity index is 1030. The van der Waals surface area contributed by atoms with Gasteiger partial charge in [0.25, 0.3) is 6.47 Å². The third-order valence-corrected chi connectivity index (χ3v) is 9.68. The molecule has 1 saturated carbocycles. The molecule has 5 rings (SSSR count). The van der Waals surface area contributed by atoms with Crippen molar-refractivity contribution in [3.05, 3.63) is 71.3 Å². The fraction of sp³-hybridized carbons (Fsp3) is 0.629. The second-order valence-corrected chi connectivity index (χ2v) is 12.3. The Balaban J connectivity index is 0.000000211. The lowest BCUT2D eigenvalue weighted by Crippen LogP contribution is -2.44. The molecule has 0 amide bonds. The van der Waals surface area contributed by atoms with Crippen molar-refractivity contribution in [3.63, 3.8) is 0 Å². The van der Waals surface area contributed by atoms with Gasteiger partial charge in [0.05, 0.1) is 0 Å². The van der Waals surface area contributed by atoms with Gasteiger partial charge in [-0.25, -0.2) is 8.78 Å². The van der Waals surface area contributed by atoms with Gasteiger partial charge in [-0.15, -0.1) is 0 Å². The largest absolute Gasteiger partial charge is 0.483 e. The Hall–Kier alpha value is -2.35. The van der Waals surface area contributed by atoms with E-state index < -0.39 is 11.6 Å². The molecule has 2 aromatic carbocycles. The quantitative estimate of drug-likeness (QED) is 0.336. The van der Waals surface area contributed by atoms with E-state index in [2.05, 4.69) is 65.9 Å². The van der Waals surface area contributed by atoms with Gasteiger partial charge < -0.3 is 14.9 Å². The third-order valence-electron chi connectivity index (χ3n) is 9.68. The molecule has 2 aromatic rings. The summed E-state index contributed by atoms with van der Waals surface area (Å²) in [5.41, 5.74) is 2.41. The molecular formula is C35H53F2N3O2. The predicted molar refractivity (Wildman–Crippen MR) is 168 cm³/mol. The number of hydrogen-bond donors (Lipinski definition) is 1. The van der Waals surface area contributed by atoms with Crippen LogP contribution in [0.2, 0.25) is 0 Å². The van der Waals surface area contributed by atoms with E-state index in [1.165, 1.54) is 76.6 Å². The molecule has 42 heavy (non-hydrogen) atoms. The van der Waals surface area contributed by atoms with E-state index in [-0.39, 0.29) is 6.47 Å². The van der Waals surface area contributed by atoms with Gasteiger partial charge in [-0.05, 0) is 114 Å². The molecule has 1 aliphatic carbocycles. The zero-order chi connectivity index (χ0) is 30.3. The number of nitrogens with zero attached hydrogens (tertiary/aromatic N) is 3. The minimum absolute atomic E-state index is 0.250. The van der Waals surface area contributed by atoms with Gasteiger partial charge in [0, 0.05) is 25.2 Å². The normalized spacial score (nSPS) is 21.2. The Morgan fingerprint density at radius 3 is 2.24 bits per heavy atom. The van der Waals surface area contributed by atoms with Gasteiger partial charge in [0.15, 0.2) is 11.6 Å². The molecule has 2 aliphatic heterocycles. The van der Waals surface area contributed by atoms with Crippen LogP contribution >= 0.6 is 0 Å². The van der Waals surface area contributed by atoms with E-state index in [4.69, 9.17) is 9.90 Å². The van der Waals surface area contributed by atoms with Crippen LogP contribution in [-0.2, 0) is 11.2 Å². The molecular weight excluding hydrogens is 532 g/mol. The summed E-state index contributed by atoms with van der Waals surface area (Å²) in [5.74, 6) is 0.219. The van der Waals surface area contributed by atoms with Gasteiger partial charge >= 0.3 is 0 Å². The number of rotatable bonds is 8. The molecule has 0 radical (unpaired) electrons. The first kappa shape index (κ1) is 34.1. The van der Waals surface area contributed by atoms with Crippen LogP contribution in [0.25, 0.3) is 0 Å². The average Bonchev–Trinajstić information content (AvgIpc) is 3.52. The summed E-state index contributed by atoms with van der Waals surface area (Å²) in [7, 11) is 2.16. The first-order valence-corrected chi connectivity index (χ1v) is 16.1. The molecule has 1 unspecified atom stereocenters. The molecule has 0 bridgehead atoms. The van der Waals surface area contributed by atoms with E-state index in [1.54, 1.807) is 11.6 Å². The highest BCUT2D eigenvalue weighted by atomic mass is 19.2. The van der Waals surface area contributed by atoms with E-state index in [0.29, 0.717) is 6.04 Å². The average molecular weight is 586 g/mol. The summed E-state index contributed by atoms with van der Waals surface area (Å²) in [6.45, 7) is 11.2. The number of halogens is 2. The van der Waals surface area contributed by atoms with Crippen molar-refractivity contribution < 1.29 is 18.7 Å². The highest BCUT2D eigenvalue weighted by Gasteiger charge is 2.31. The lowest BCUT2D eigenvalue weighted by atomic mass is 9.84. The molecule has 0 aromatic heterocycles. The predicted octanol–water partition coefficient (Wildman–Crippen LogP) is 7.07. The van der Waals surface area contributed by atoms with Crippen molar-refractivity contribution in [1.82, 2.24) is 14.7 Å². The van der Waals surface area contributed by atoms with Gasteiger partial charge in [0.2, 0.25) is 0 Å². The Morgan fingerprint density at radius 2 is 1.62 bits per heavy atom. The molecule has 7 heteroatoms. The van der Waals surface area contributed by atoms with Crippen LogP contribution in [0.15, 0.2) is 48.5 Å². The van der Waals surface area contributed by atoms with Crippen LogP contribution in [0.3, 0.4) is 0 Å². The van der Waals surface area contributed by atoms with Crippen LogP contribution < -0.4 is 0 Å². The van der Waals surface area contributed by atoms with Crippen LogP contribution in [-0.4, -0.2) is 84.7 Å². The van der Waals surface area contributed by atoms with Crippen molar-refractivity contribution in [2.75, 3.05) is 46.3 Å². The highest BCUT2D eigenvalue weighted by Crippen LogP contribution is 2.34. The second-order valence-electron chi connectivity index (χ2n) is 12.3. The fourth-order valence-electron chi connectivity index (χ4n) is 7.00. The zero-order valence-corrected chi connectivity index (χ0v) is 26.1. The van der Waals surface area contributed by atoms with Crippen LogP contribution in [0.4, 0.5) is 8.78 Å². The third kappa shape index (κ3) is 10.7. The summed E-state index contributed by atoms with van der Waals surface area (Å²) in [4.78, 5) is 15.9. The van der Waals surface area contributed by atoms with Crippen molar-refractivity contribution in [3.8, 4) is 0 Å². The maximum Gasteiger partial charge on any atom is 0.290 e. The summed E-state index contributed by atoms with van der Waals surface area (Å²) in [6, 6.07) is 16.7. The molecule has 5 nitrogen and oxygen atoms in total. The Labute approximate surface area is 252 Å². The van der Waals surface area contributed by atoms with Crippen molar-refractivity contribution in [2.45, 2.75) is 89.6 Å². The fourth-order valence-corrected chi connectivity index (χ4v) is 7.00. The number of hydrogen-bond acceptors (Lipinski definition) is 4. The van der Waals surface area contributed by atoms with Gasteiger partial charge in [-0.3, -0.25) is 9.69 Å². The Kier molecular flexibility index (Phi) is 14.9. The van der Waals surface area contributed by atoms with Crippen molar-refractivity contribution >= 4 is 6.47 Å². The van der Waals surface area contributed by atoms with Crippen LogP contribution in [0.5, 0.6) is 0 Å². The lowest BCUT2D eigenvalue weighted by Gasteiger charge is -2.36. The lowest BCUT2D eigenvalue weighted by molar-refractivity contribution is -0.122. The summed E-state index contributed by atoms with van der Waals surface area (Å²) >= 11 is 0. The summed E-state index contributed by atoms with van der Waals surface area (Å²) in [6.07, 6.45) is 11.8. The van der Waals surface area contributed by atoms with Gasteiger partial charge in [-0.1, -0.05) is 62.6 Å². The molecule has 1 N–H and O–H groups in total. The molecule has 234 valence electrons. The van der Waals surface area contributed by atoms with Crippen molar-refractivity contribution in [1.29, 1.82) is 0 Å². The number of benzene rings is 2. The molecule has 3 aliphatic rings. The SMILES string of the molecule is CCN(CCc1ccc(F)c(F)c1)C1CCN(C)CC1.C[C@@H](C1CCCCC1)N1CCC(c2ccccc2)C1.O=CO. The standard InChI is InChI=1S/C18H27N.C16H24F2N2.CH2O2/c1-15(16-8-4-2-5-9-16)19-13-12-18(14-19)17-10-6-3-7-11-17;1-3-20(14-7-9-19(2)10-8-14)11-6-13-4-5-15(17)16(18)12-13;2-1-3/h3,6-7,10-11,15-16,18H,2,4-5,8-9,12-14H2,1H3;4-5,12,14H,3,6-11H2,1-2H3;1H,(H,2,3)/t15-,18?;;/m0../s1. The van der Waals surface area contributed by atoms with Gasteiger partial charge in [0.1, 0.15) is 0 Å². The number of carbonyl (C=O) groups is 1. The molecule has 3 fully saturated rings. The number of likely N-dealkylation sites (tertiary alicyclic amines) is 2. The van der Waals surface area contributed by atoms with E-state index in [9.17, 15) is 8.78 Å². The minimum atomic E-state index is -0.767. The topological polar surface area (TPSA) is 47.0 Å². The van der Waals surface area contributed by atoms with E-state index in [1.807, 2.05) is 0 Å². The van der Waals surface area contributed by atoms with Gasteiger partial charge in [-0.2, -0.15) is 0 Å². The van der Waals surface area contributed by atoms with Crippen molar-refractivity contribution in [2.24, 2.45) is 5.92 Å². The van der Waals surface area contributed by atoms with Crippen LogP contribution in [0.1, 0.15) is 82.3 Å². The van der Waals surface area contributed by atoms with E-state index >= 15 is 0 Å². The first-order valence-electron chi connectivity index (χ1n) is 16.1. The highest BCUT2D eigenvalue weighted by molar-refractivity contribution is 5.32. The summed E-state index contributed by atoms with van der Waals surface area (Å²) < 4.78 is 26.1. The zero-order valence-electron chi connectivity index (χ0n) is 26.1. The maximum atomic E-state index is 13.2. The minimum Gasteiger partial charge on any atom is -0.483 e. The number of likely N-dealkylation sites (N-methyl/N-ethyl adjacent to an activating group) is 1. The van der Waals surface area contributed by atoms with E-state index in [0.717, 1.165) is 56.0 Å². The molecule has 2 heterocycles. The summed E-state index contributed by atoms with van der Waals surface area (Å²) in [5, 5.41) is 6.89. The number of piperidine rings is 1. The molecule has 0 spiro atoms. The first-order chi connectivity index (χ1) is 20.4. The smallest absolute Gasteiger partial charge is 0.290 e. The van der Waals surface area contributed by atoms with Crippen LogP contribution in [0, 0.1) is 17.6 Å². The number of carboxylic acid groups (broad SMARTS) is 1. The molecule has 2 saturated heterocycles.